The molecule has 0 saturated heterocycles. The van der Waals surface area contributed by atoms with Gasteiger partial charge in [-0.05, 0) is 37.6 Å². The molecule has 1 aliphatic carbocycles. The zero-order chi connectivity index (χ0) is 10.6. The number of carbonyl (C=O) groups excluding carboxylic acids is 1. The Labute approximate surface area is 87.5 Å². The highest BCUT2D eigenvalue weighted by atomic mass is 16.1. The molecular weight excluding hydrogens is 174 g/mol. The second-order valence-electron chi connectivity index (χ2n) is 4.71. The summed E-state index contributed by atoms with van der Waals surface area (Å²) in [6, 6.07) is 0. The fourth-order valence-electron chi connectivity index (χ4n) is 2.23. The van der Waals surface area contributed by atoms with Crippen molar-refractivity contribution >= 4 is 5.78 Å². The van der Waals surface area contributed by atoms with Gasteiger partial charge in [-0.1, -0.05) is 20.8 Å². The molecule has 0 aromatic heterocycles. The van der Waals surface area contributed by atoms with E-state index in [-0.39, 0.29) is 0 Å². The molecule has 3 atom stereocenters. The normalized spacial score (nSPS) is 32.9. The van der Waals surface area contributed by atoms with Crippen molar-refractivity contribution in [2.24, 2.45) is 17.8 Å². The smallest absolute Gasteiger partial charge is 0.149 e. The van der Waals surface area contributed by atoms with Crippen LogP contribution in [0, 0.1) is 17.8 Å². The van der Waals surface area contributed by atoms with Crippen molar-refractivity contribution in [2.75, 3.05) is 13.1 Å². The molecule has 1 aliphatic rings. The Morgan fingerprint density at radius 1 is 1.29 bits per heavy atom. The molecule has 1 saturated carbocycles. The molecule has 0 bridgehead atoms. The topological polar surface area (TPSA) is 29.1 Å². The van der Waals surface area contributed by atoms with Crippen LogP contribution in [0.2, 0.25) is 0 Å². The van der Waals surface area contributed by atoms with Crippen LogP contribution in [0.4, 0.5) is 0 Å². The third kappa shape index (κ3) is 3.09. The van der Waals surface area contributed by atoms with Gasteiger partial charge in [-0.2, -0.15) is 0 Å². The summed E-state index contributed by atoms with van der Waals surface area (Å²) < 4.78 is 0. The van der Waals surface area contributed by atoms with E-state index < -0.39 is 0 Å². The highest BCUT2D eigenvalue weighted by Crippen LogP contribution is 2.33. The van der Waals surface area contributed by atoms with Gasteiger partial charge in [-0.15, -0.1) is 0 Å². The van der Waals surface area contributed by atoms with Gasteiger partial charge in [0.05, 0.1) is 6.54 Å². The monoisotopic (exact) mass is 197 g/mol. The predicted octanol–water partition coefficient (Wildman–Crippen LogP) is 2.24. The lowest BCUT2D eigenvalue weighted by atomic mass is 9.74. The van der Waals surface area contributed by atoms with E-state index in [2.05, 4.69) is 19.2 Å². The van der Waals surface area contributed by atoms with Gasteiger partial charge in [0, 0.05) is 5.92 Å². The third-order valence-electron chi connectivity index (χ3n) is 3.60. The molecule has 2 heteroatoms. The van der Waals surface area contributed by atoms with Crippen molar-refractivity contribution in [1.82, 2.24) is 5.32 Å². The van der Waals surface area contributed by atoms with Crippen molar-refractivity contribution in [3.8, 4) is 0 Å². The first kappa shape index (κ1) is 11.7. The lowest BCUT2D eigenvalue weighted by Crippen LogP contribution is -2.32. The average molecular weight is 197 g/mol. The lowest BCUT2D eigenvalue weighted by Gasteiger charge is -2.31. The van der Waals surface area contributed by atoms with Crippen molar-refractivity contribution < 1.29 is 4.79 Å². The highest BCUT2D eigenvalue weighted by molar-refractivity contribution is 5.83. The second kappa shape index (κ2) is 5.50. The van der Waals surface area contributed by atoms with Gasteiger partial charge in [-0.25, -0.2) is 0 Å². The predicted molar refractivity (Wildman–Crippen MR) is 59.2 cm³/mol. The Kier molecular flexibility index (Phi) is 4.59. The van der Waals surface area contributed by atoms with Crippen LogP contribution in [-0.2, 0) is 4.79 Å². The van der Waals surface area contributed by atoms with Gasteiger partial charge in [0.25, 0.3) is 0 Å². The summed E-state index contributed by atoms with van der Waals surface area (Å²) in [5.41, 5.74) is 0. The maximum atomic E-state index is 11.7. The first-order chi connectivity index (χ1) is 6.65. The minimum Gasteiger partial charge on any atom is -0.310 e. The van der Waals surface area contributed by atoms with Crippen LogP contribution in [0.1, 0.15) is 40.0 Å². The van der Waals surface area contributed by atoms with E-state index in [1.54, 1.807) is 0 Å². The number of ketones is 1. The fourth-order valence-corrected chi connectivity index (χ4v) is 2.23. The van der Waals surface area contributed by atoms with Crippen LogP contribution in [0.5, 0.6) is 0 Å². The van der Waals surface area contributed by atoms with Gasteiger partial charge in [0.1, 0.15) is 5.78 Å². The summed E-state index contributed by atoms with van der Waals surface area (Å²) in [6.45, 7) is 8.08. The summed E-state index contributed by atoms with van der Waals surface area (Å²) in [6.07, 6.45) is 3.44. The Morgan fingerprint density at radius 3 is 2.57 bits per heavy atom. The molecule has 3 unspecified atom stereocenters. The van der Waals surface area contributed by atoms with E-state index in [9.17, 15) is 4.79 Å². The van der Waals surface area contributed by atoms with E-state index in [1.807, 2.05) is 6.92 Å². The van der Waals surface area contributed by atoms with Crippen LogP contribution < -0.4 is 5.32 Å². The lowest BCUT2D eigenvalue weighted by molar-refractivity contribution is -0.123. The van der Waals surface area contributed by atoms with Gasteiger partial charge in [-0.3, -0.25) is 4.79 Å². The average Bonchev–Trinajstić information content (AvgIpc) is 2.18. The minimum atomic E-state index is 0.334. The number of hydrogen-bond donors (Lipinski definition) is 1. The molecular formula is C12H23NO. The SMILES string of the molecule is CCNCC(=O)C1CCC(C)C(C)C1. The third-order valence-corrected chi connectivity index (χ3v) is 3.60. The molecule has 2 nitrogen and oxygen atoms in total. The number of carbonyl (C=O) groups is 1. The standard InChI is InChI=1S/C12H23NO/c1-4-13-8-12(14)11-6-5-9(2)10(3)7-11/h9-11,13H,4-8H2,1-3H3. The molecule has 0 aromatic carbocycles. The van der Waals surface area contributed by atoms with Gasteiger partial charge >= 0.3 is 0 Å². The fraction of sp³-hybridized carbons (Fsp3) is 0.917. The van der Waals surface area contributed by atoms with Gasteiger partial charge in [0.2, 0.25) is 0 Å². The maximum absolute atomic E-state index is 11.7. The summed E-state index contributed by atoms with van der Waals surface area (Å²) in [5.74, 6) is 2.28. The second-order valence-corrected chi connectivity index (χ2v) is 4.71. The highest BCUT2D eigenvalue weighted by Gasteiger charge is 2.28. The van der Waals surface area contributed by atoms with E-state index in [1.165, 1.54) is 6.42 Å². The first-order valence-electron chi connectivity index (χ1n) is 5.88. The van der Waals surface area contributed by atoms with Crippen molar-refractivity contribution in [3.05, 3.63) is 0 Å². The molecule has 0 amide bonds. The molecule has 0 aromatic rings. The number of Topliss-reactive ketones (excluding diaryl/α,β-unsaturated/α-hetero) is 1. The molecule has 82 valence electrons. The molecule has 0 spiro atoms. The van der Waals surface area contributed by atoms with Crippen molar-refractivity contribution in [2.45, 2.75) is 40.0 Å². The largest absolute Gasteiger partial charge is 0.310 e. The van der Waals surface area contributed by atoms with E-state index in [0.29, 0.717) is 18.2 Å². The summed E-state index contributed by atoms with van der Waals surface area (Å²) in [5, 5.41) is 3.12. The van der Waals surface area contributed by atoms with Crippen LogP contribution in [0.3, 0.4) is 0 Å². The quantitative estimate of drug-likeness (QED) is 0.749. The number of likely N-dealkylation sites (N-methyl/N-ethyl adjacent to an activating group) is 1. The minimum absolute atomic E-state index is 0.334. The molecule has 0 aliphatic heterocycles. The van der Waals surface area contributed by atoms with Crippen LogP contribution in [-0.4, -0.2) is 18.9 Å². The number of nitrogens with one attached hydrogen (secondary N) is 1. The van der Waals surface area contributed by atoms with Gasteiger partial charge < -0.3 is 5.32 Å². The zero-order valence-corrected chi connectivity index (χ0v) is 9.68. The van der Waals surface area contributed by atoms with Crippen LogP contribution in [0.25, 0.3) is 0 Å². The molecule has 0 heterocycles. The number of rotatable bonds is 4. The Hall–Kier alpha value is -0.370. The van der Waals surface area contributed by atoms with Crippen molar-refractivity contribution in [1.29, 1.82) is 0 Å². The summed E-state index contributed by atoms with van der Waals surface area (Å²) >= 11 is 0. The molecule has 1 N–H and O–H groups in total. The molecule has 1 fully saturated rings. The van der Waals surface area contributed by atoms with E-state index >= 15 is 0 Å². The Balaban J connectivity index is 2.34. The molecule has 14 heavy (non-hydrogen) atoms. The van der Waals surface area contributed by atoms with E-state index in [4.69, 9.17) is 0 Å². The van der Waals surface area contributed by atoms with Crippen molar-refractivity contribution in [3.63, 3.8) is 0 Å². The van der Waals surface area contributed by atoms with Crippen LogP contribution in [0.15, 0.2) is 0 Å². The first-order valence-corrected chi connectivity index (χ1v) is 5.88. The maximum Gasteiger partial charge on any atom is 0.149 e. The Bertz CT molecular complexity index is 191. The zero-order valence-electron chi connectivity index (χ0n) is 9.68. The Morgan fingerprint density at radius 2 is 2.00 bits per heavy atom. The van der Waals surface area contributed by atoms with Crippen LogP contribution >= 0.6 is 0 Å². The number of hydrogen-bond acceptors (Lipinski definition) is 2. The molecule has 1 rings (SSSR count). The van der Waals surface area contributed by atoms with Gasteiger partial charge in [0.15, 0.2) is 0 Å². The summed E-state index contributed by atoms with van der Waals surface area (Å²) in [7, 11) is 0. The summed E-state index contributed by atoms with van der Waals surface area (Å²) in [4.78, 5) is 11.7. The van der Waals surface area contributed by atoms with E-state index in [0.717, 1.165) is 31.2 Å². The molecule has 0 radical (unpaired) electrons.